The Morgan fingerprint density at radius 3 is 2.62 bits per heavy atom. The van der Waals surface area contributed by atoms with E-state index in [4.69, 9.17) is 4.74 Å². The van der Waals surface area contributed by atoms with Crippen molar-refractivity contribution in [3.8, 4) is 0 Å². The summed E-state index contributed by atoms with van der Waals surface area (Å²) in [5.74, 6) is 0.614. The van der Waals surface area contributed by atoms with E-state index < -0.39 is 5.97 Å². The minimum atomic E-state index is -0.478. The average molecular weight is 349 g/mol. The Kier molecular flexibility index (Phi) is 3.95. The van der Waals surface area contributed by atoms with E-state index in [1.165, 1.54) is 12.0 Å². The molecule has 1 aliphatic rings. The first kappa shape index (κ1) is 16.3. The number of ether oxygens (including phenoxy) is 1. The molecule has 2 aromatic heterocycles. The second kappa shape index (κ2) is 6.29. The van der Waals surface area contributed by atoms with Crippen LogP contribution in [0, 0.1) is 0 Å². The van der Waals surface area contributed by atoms with Crippen LogP contribution in [0.4, 0.5) is 5.69 Å². The summed E-state index contributed by atoms with van der Waals surface area (Å²) in [4.78, 5) is 31.3. The van der Waals surface area contributed by atoms with Crippen LogP contribution in [0.5, 0.6) is 0 Å². The number of hydrogen-bond acceptors (Lipinski definition) is 4. The number of amides is 1. The van der Waals surface area contributed by atoms with Crippen LogP contribution in [0.1, 0.15) is 45.4 Å². The van der Waals surface area contributed by atoms with Crippen LogP contribution in [0.2, 0.25) is 0 Å². The first-order valence-corrected chi connectivity index (χ1v) is 8.54. The Balaban J connectivity index is 1.77. The summed E-state index contributed by atoms with van der Waals surface area (Å²) >= 11 is 0. The summed E-state index contributed by atoms with van der Waals surface area (Å²) < 4.78 is 6.82. The molecular weight excluding hydrogens is 330 g/mol. The molecule has 0 aliphatic heterocycles. The molecule has 26 heavy (non-hydrogen) atoms. The number of hydrogen-bond donors (Lipinski definition) is 0. The van der Waals surface area contributed by atoms with Gasteiger partial charge in [0.2, 0.25) is 0 Å². The summed E-state index contributed by atoms with van der Waals surface area (Å²) in [6.45, 7) is 0. The summed E-state index contributed by atoms with van der Waals surface area (Å²) in [5.41, 5.74) is 2.02. The van der Waals surface area contributed by atoms with E-state index in [9.17, 15) is 9.59 Å². The van der Waals surface area contributed by atoms with Gasteiger partial charge in [0.15, 0.2) is 5.69 Å². The molecule has 6 nitrogen and oxygen atoms in total. The zero-order chi connectivity index (χ0) is 18.3. The third-order valence-corrected chi connectivity index (χ3v) is 4.70. The normalized spacial score (nSPS) is 13.6. The molecule has 1 aliphatic carbocycles. The molecular formula is C20H19N3O3. The number of rotatable bonds is 4. The van der Waals surface area contributed by atoms with Crippen molar-refractivity contribution in [2.24, 2.45) is 0 Å². The van der Waals surface area contributed by atoms with Crippen LogP contribution < -0.4 is 4.90 Å². The van der Waals surface area contributed by atoms with E-state index >= 15 is 0 Å². The molecule has 0 bridgehead atoms. The number of fused-ring (bicyclic) bond motifs is 1. The summed E-state index contributed by atoms with van der Waals surface area (Å²) in [6, 6.07) is 12.6. The maximum Gasteiger partial charge on any atom is 0.339 e. The maximum absolute atomic E-state index is 13.2. The fourth-order valence-corrected chi connectivity index (χ4v) is 3.17. The molecule has 0 unspecified atom stereocenters. The van der Waals surface area contributed by atoms with Crippen molar-refractivity contribution in [2.75, 3.05) is 19.1 Å². The molecule has 0 N–H and O–H groups in total. The molecule has 1 saturated carbocycles. The van der Waals surface area contributed by atoms with E-state index in [1.54, 1.807) is 31.3 Å². The molecule has 2 heterocycles. The lowest BCUT2D eigenvalue weighted by atomic mass is 10.1. The Morgan fingerprint density at radius 1 is 1.15 bits per heavy atom. The van der Waals surface area contributed by atoms with E-state index in [2.05, 4.69) is 4.98 Å². The van der Waals surface area contributed by atoms with E-state index in [-0.39, 0.29) is 5.91 Å². The van der Waals surface area contributed by atoms with Crippen LogP contribution in [-0.2, 0) is 4.74 Å². The zero-order valence-corrected chi connectivity index (χ0v) is 14.7. The number of carbonyl (C=O) groups excluding carboxylic acids is 2. The summed E-state index contributed by atoms with van der Waals surface area (Å²) in [7, 11) is 2.97. The van der Waals surface area contributed by atoms with Gasteiger partial charge in [0, 0.05) is 19.2 Å². The number of esters is 1. The lowest BCUT2D eigenvalue weighted by Gasteiger charge is -2.19. The number of methoxy groups -OCH3 is 1. The van der Waals surface area contributed by atoms with Crippen molar-refractivity contribution in [3.05, 3.63) is 65.7 Å². The van der Waals surface area contributed by atoms with Gasteiger partial charge >= 0.3 is 5.97 Å². The van der Waals surface area contributed by atoms with Gasteiger partial charge in [-0.1, -0.05) is 18.2 Å². The molecule has 1 aromatic carbocycles. The predicted octanol–water partition coefficient (Wildman–Crippen LogP) is 3.27. The van der Waals surface area contributed by atoms with E-state index in [1.807, 2.05) is 28.8 Å². The van der Waals surface area contributed by atoms with Gasteiger partial charge in [0.25, 0.3) is 5.91 Å². The predicted molar refractivity (Wildman–Crippen MR) is 97.7 cm³/mol. The molecule has 3 aromatic rings. The number of pyridine rings is 1. The molecule has 4 rings (SSSR count). The third kappa shape index (κ3) is 2.63. The highest BCUT2D eigenvalue weighted by atomic mass is 16.5. The first-order valence-electron chi connectivity index (χ1n) is 8.54. The SMILES string of the molecule is COC(=O)c1ccccc1N(C)C(=O)c1nc(C2CC2)n2ccccc12. The smallest absolute Gasteiger partial charge is 0.339 e. The topological polar surface area (TPSA) is 63.9 Å². The van der Waals surface area contributed by atoms with Crippen LogP contribution in [0.25, 0.3) is 5.52 Å². The lowest BCUT2D eigenvalue weighted by molar-refractivity contribution is 0.0601. The highest BCUT2D eigenvalue weighted by Crippen LogP contribution is 2.40. The fourth-order valence-electron chi connectivity index (χ4n) is 3.17. The van der Waals surface area contributed by atoms with Crippen LogP contribution in [-0.4, -0.2) is 35.4 Å². The average Bonchev–Trinajstić information content (AvgIpc) is 3.46. The van der Waals surface area contributed by atoms with Gasteiger partial charge in [-0.2, -0.15) is 0 Å². The summed E-state index contributed by atoms with van der Waals surface area (Å²) in [6.07, 6.45) is 4.14. The number of benzene rings is 1. The van der Waals surface area contributed by atoms with Gasteiger partial charge in [-0.25, -0.2) is 9.78 Å². The van der Waals surface area contributed by atoms with Gasteiger partial charge in [-0.05, 0) is 37.1 Å². The quantitative estimate of drug-likeness (QED) is 0.678. The van der Waals surface area contributed by atoms with Crippen molar-refractivity contribution in [3.63, 3.8) is 0 Å². The third-order valence-electron chi connectivity index (χ3n) is 4.70. The Hall–Kier alpha value is -3.15. The molecule has 132 valence electrons. The highest BCUT2D eigenvalue weighted by Gasteiger charge is 2.31. The molecule has 6 heteroatoms. The van der Waals surface area contributed by atoms with E-state index in [0.29, 0.717) is 22.9 Å². The van der Waals surface area contributed by atoms with Crippen molar-refractivity contribution in [1.82, 2.24) is 9.38 Å². The molecule has 1 fully saturated rings. The number of nitrogens with zero attached hydrogens (tertiary/aromatic N) is 3. The highest BCUT2D eigenvalue weighted by molar-refractivity contribution is 6.11. The van der Waals surface area contributed by atoms with Gasteiger partial charge < -0.3 is 14.0 Å². The summed E-state index contributed by atoms with van der Waals surface area (Å²) in [5, 5.41) is 0. The Bertz CT molecular complexity index is 1000. The molecule has 0 atom stereocenters. The monoisotopic (exact) mass is 349 g/mol. The maximum atomic E-state index is 13.2. The minimum Gasteiger partial charge on any atom is -0.465 e. The van der Waals surface area contributed by atoms with Crippen LogP contribution in [0.15, 0.2) is 48.7 Å². The number of anilines is 1. The van der Waals surface area contributed by atoms with Crippen LogP contribution in [0.3, 0.4) is 0 Å². The second-order valence-corrected chi connectivity index (χ2v) is 6.42. The standard InChI is InChI=1S/C20H19N3O3/c1-22(15-8-4-3-7-14(15)20(25)26-2)19(24)17-16-9-5-6-12-23(16)18(21-17)13-10-11-13/h3-9,12-13H,10-11H2,1-2H3. The fraction of sp³-hybridized carbons (Fsp3) is 0.250. The van der Waals surface area contributed by atoms with Gasteiger partial charge in [0.1, 0.15) is 5.82 Å². The number of aromatic nitrogens is 2. The zero-order valence-electron chi connectivity index (χ0n) is 14.7. The number of imidazole rings is 1. The second-order valence-electron chi connectivity index (χ2n) is 6.42. The molecule has 0 spiro atoms. The first-order chi connectivity index (χ1) is 12.6. The molecule has 1 amide bonds. The van der Waals surface area contributed by atoms with E-state index in [0.717, 1.165) is 24.2 Å². The van der Waals surface area contributed by atoms with Gasteiger partial charge in [-0.15, -0.1) is 0 Å². The van der Waals surface area contributed by atoms with Crippen molar-refractivity contribution in [2.45, 2.75) is 18.8 Å². The Labute approximate surface area is 151 Å². The van der Waals surface area contributed by atoms with Gasteiger partial charge in [0.05, 0.1) is 23.9 Å². The minimum absolute atomic E-state index is 0.253. The van der Waals surface area contributed by atoms with Crippen molar-refractivity contribution >= 4 is 23.1 Å². The van der Waals surface area contributed by atoms with Crippen LogP contribution >= 0.6 is 0 Å². The molecule has 0 saturated heterocycles. The Morgan fingerprint density at radius 2 is 1.88 bits per heavy atom. The largest absolute Gasteiger partial charge is 0.465 e. The molecule has 0 radical (unpaired) electrons. The van der Waals surface area contributed by atoms with Gasteiger partial charge in [-0.3, -0.25) is 4.79 Å². The van der Waals surface area contributed by atoms with Crippen molar-refractivity contribution < 1.29 is 14.3 Å². The number of para-hydroxylation sites is 1. The van der Waals surface area contributed by atoms with Crippen molar-refractivity contribution in [1.29, 1.82) is 0 Å². The number of carbonyl (C=O) groups is 2. The lowest BCUT2D eigenvalue weighted by Crippen LogP contribution is -2.28.